The number of anilines is 1. The van der Waals surface area contributed by atoms with Crippen molar-refractivity contribution in [3.8, 4) is 6.07 Å². The van der Waals surface area contributed by atoms with Gasteiger partial charge in [0.25, 0.3) is 0 Å². The SMILES string of the molecule is CC1CS(=O)(=O)CCN1c1ccc(C#N)c(Cl)c1. The van der Waals surface area contributed by atoms with E-state index in [0.717, 1.165) is 5.69 Å². The highest BCUT2D eigenvalue weighted by atomic mass is 35.5. The molecule has 0 saturated carbocycles. The van der Waals surface area contributed by atoms with E-state index in [0.29, 0.717) is 17.1 Å². The number of nitrogens with zero attached hydrogens (tertiary/aromatic N) is 2. The van der Waals surface area contributed by atoms with E-state index in [1.54, 1.807) is 18.2 Å². The van der Waals surface area contributed by atoms with Crippen LogP contribution in [-0.2, 0) is 9.84 Å². The number of nitriles is 1. The molecule has 1 fully saturated rings. The van der Waals surface area contributed by atoms with Crippen LogP contribution in [0.3, 0.4) is 0 Å². The Morgan fingerprint density at radius 3 is 2.78 bits per heavy atom. The number of sulfone groups is 1. The van der Waals surface area contributed by atoms with Crippen molar-refractivity contribution in [1.29, 1.82) is 5.26 Å². The summed E-state index contributed by atoms with van der Waals surface area (Å²) in [6.45, 7) is 2.34. The van der Waals surface area contributed by atoms with Gasteiger partial charge in [0.2, 0.25) is 0 Å². The Labute approximate surface area is 112 Å². The fourth-order valence-corrected chi connectivity index (χ4v) is 3.93. The van der Waals surface area contributed by atoms with Crippen molar-refractivity contribution in [3.05, 3.63) is 28.8 Å². The molecule has 4 nitrogen and oxygen atoms in total. The highest BCUT2D eigenvalue weighted by molar-refractivity contribution is 7.91. The van der Waals surface area contributed by atoms with E-state index in [2.05, 4.69) is 0 Å². The Hall–Kier alpha value is -1.25. The average Bonchev–Trinajstić information content (AvgIpc) is 2.27. The fourth-order valence-electron chi connectivity index (χ4n) is 2.16. The van der Waals surface area contributed by atoms with Gasteiger partial charge >= 0.3 is 0 Å². The molecule has 0 radical (unpaired) electrons. The van der Waals surface area contributed by atoms with Crippen molar-refractivity contribution in [3.63, 3.8) is 0 Å². The zero-order valence-electron chi connectivity index (χ0n) is 9.93. The van der Waals surface area contributed by atoms with Gasteiger partial charge in [0.1, 0.15) is 6.07 Å². The Kier molecular flexibility index (Phi) is 3.51. The molecule has 0 bridgehead atoms. The second kappa shape index (κ2) is 4.79. The molecule has 1 aromatic rings. The molecule has 0 aliphatic carbocycles. The topological polar surface area (TPSA) is 61.2 Å². The minimum absolute atomic E-state index is 0.0762. The van der Waals surface area contributed by atoms with Crippen LogP contribution in [0.2, 0.25) is 5.02 Å². The summed E-state index contributed by atoms with van der Waals surface area (Å²) < 4.78 is 23.0. The van der Waals surface area contributed by atoms with E-state index >= 15 is 0 Å². The maximum absolute atomic E-state index is 11.5. The van der Waals surface area contributed by atoms with Crippen molar-refractivity contribution < 1.29 is 8.42 Å². The van der Waals surface area contributed by atoms with Gasteiger partial charge in [-0.2, -0.15) is 5.26 Å². The van der Waals surface area contributed by atoms with E-state index in [1.807, 2.05) is 17.9 Å². The molecule has 1 heterocycles. The van der Waals surface area contributed by atoms with Gasteiger partial charge in [-0.1, -0.05) is 11.6 Å². The molecular weight excluding hydrogens is 272 g/mol. The third kappa shape index (κ3) is 2.60. The first kappa shape index (κ1) is 13.2. The molecule has 1 aliphatic rings. The number of halogens is 1. The minimum Gasteiger partial charge on any atom is -0.367 e. The standard InChI is InChI=1S/C12H13ClN2O2S/c1-9-8-18(16,17)5-4-15(9)11-3-2-10(7-14)12(13)6-11/h2-3,6,9H,4-5,8H2,1H3. The van der Waals surface area contributed by atoms with Crippen LogP contribution in [-0.4, -0.2) is 32.5 Å². The quantitative estimate of drug-likeness (QED) is 0.789. The second-order valence-electron chi connectivity index (χ2n) is 4.43. The van der Waals surface area contributed by atoms with Gasteiger partial charge in [0.05, 0.1) is 22.1 Å². The molecule has 18 heavy (non-hydrogen) atoms. The van der Waals surface area contributed by atoms with Gasteiger partial charge in [-0.3, -0.25) is 0 Å². The number of hydrogen-bond acceptors (Lipinski definition) is 4. The normalized spacial score (nSPS) is 22.5. The summed E-state index contributed by atoms with van der Waals surface area (Å²) in [5.41, 5.74) is 1.29. The zero-order valence-corrected chi connectivity index (χ0v) is 11.5. The lowest BCUT2D eigenvalue weighted by atomic mass is 10.2. The summed E-state index contributed by atoms with van der Waals surface area (Å²) >= 11 is 5.99. The molecule has 0 N–H and O–H groups in total. The van der Waals surface area contributed by atoms with Crippen LogP contribution < -0.4 is 4.90 Å². The predicted molar refractivity (Wildman–Crippen MR) is 71.6 cm³/mol. The molecule has 2 rings (SSSR count). The monoisotopic (exact) mass is 284 g/mol. The van der Waals surface area contributed by atoms with E-state index in [-0.39, 0.29) is 17.5 Å². The molecule has 1 aliphatic heterocycles. The number of benzene rings is 1. The maximum atomic E-state index is 11.5. The van der Waals surface area contributed by atoms with Crippen LogP contribution in [0.5, 0.6) is 0 Å². The first-order valence-electron chi connectivity index (χ1n) is 5.59. The van der Waals surface area contributed by atoms with Crippen LogP contribution in [0.25, 0.3) is 0 Å². The molecule has 0 spiro atoms. The molecule has 6 heteroatoms. The lowest BCUT2D eigenvalue weighted by Crippen LogP contribution is -2.47. The third-order valence-electron chi connectivity index (χ3n) is 3.08. The van der Waals surface area contributed by atoms with Crippen molar-refractivity contribution in [2.24, 2.45) is 0 Å². The molecule has 1 unspecified atom stereocenters. The van der Waals surface area contributed by atoms with Gasteiger partial charge < -0.3 is 4.90 Å². The Morgan fingerprint density at radius 2 is 2.22 bits per heavy atom. The van der Waals surface area contributed by atoms with E-state index in [9.17, 15) is 8.42 Å². The lowest BCUT2D eigenvalue weighted by molar-refractivity contribution is 0.568. The molecular formula is C12H13ClN2O2S. The second-order valence-corrected chi connectivity index (χ2v) is 7.07. The van der Waals surface area contributed by atoms with Crippen LogP contribution >= 0.6 is 11.6 Å². The molecule has 0 amide bonds. The summed E-state index contributed by atoms with van der Waals surface area (Å²) in [4.78, 5) is 2.01. The minimum atomic E-state index is -2.92. The Bertz CT molecular complexity index is 607. The summed E-state index contributed by atoms with van der Waals surface area (Å²) in [6, 6.07) is 7.11. The molecule has 1 saturated heterocycles. The highest BCUT2D eigenvalue weighted by Gasteiger charge is 2.28. The lowest BCUT2D eigenvalue weighted by Gasteiger charge is -2.35. The van der Waals surface area contributed by atoms with Gasteiger partial charge in [-0.25, -0.2) is 8.42 Å². The van der Waals surface area contributed by atoms with Crippen LogP contribution in [0, 0.1) is 11.3 Å². The van der Waals surface area contributed by atoms with Gasteiger partial charge in [-0.15, -0.1) is 0 Å². The van der Waals surface area contributed by atoms with E-state index < -0.39 is 9.84 Å². The van der Waals surface area contributed by atoms with Gasteiger partial charge in [-0.05, 0) is 25.1 Å². The van der Waals surface area contributed by atoms with Crippen molar-refractivity contribution in [1.82, 2.24) is 0 Å². The largest absolute Gasteiger partial charge is 0.367 e. The average molecular weight is 285 g/mol. The highest BCUT2D eigenvalue weighted by Crippen LogP contribution is 2.26. The fraction of sp³-hybridized carbons (Fsp3) is 0.417. The maximum Gasteiger partial charge on any atom is 0.154 e. The number of hydrogen-bond donors (Lipinski definition) is 0. The third-order valence-corrected chi connectivity index (χ3v) is 5.18. The van der Waals surface area contributed by atoms with Crippen LogP contribution in [0.15, 0.2) is 18.2 Å². The predicted octanol–water partition coefficient (Wildman–Crippen LogP) is 1.83. The van der Waals surface area contributed by atoms with Crippen molar-refractivity contribution in [2.45, 2.75) is 13.0 Å². The van der Waals surface area contributed by atoms with Gasteiger partial charge in [0.15, 0.2) is 9.84 Å². The zero-order chi connectivity index (χ0) is 13.3. The summed E-state index contributed by atoms with van der Waals surface area (Å²) in [5, 5.41) is 9.21. The summed E-state index contributed by atoms with van der Waals surface area (Å²) in [6.07, 6.45) is 0. The van der Waals surface area contributed by atoms with Crippen molar-refractivity contribution in [2.75, 3.05) is 23.0 Å². The molecule has 1 atom stereocenters. The van der Waals surface area contributed by atoms with Crippen molar-refractivity contribution >= 4 is 27.1 Å². The summed E-state index contributed by atoms with van der Waals surface area (Å²) in [5.74, 6) is 0.319. The number of rotatable bonds is 1. The van der Waals surface area contributed by atoms with Crippen LogP contribution in [0.1, 0.15) is 12.5 Å². The first-order chi connectivity index (χ1) is 8.43. The first-order valence-corrected chi connectivity index (χ1v) is 7.79. The summed E-state index contributed by atoms with van der Waals surface area (Å²) in [7, 11) is -2.92. The Morgan fingerprint density at radius 1 is 1.50 bits per heavy atom. The van der Waals surface area contributed by atoms with Crippen LogP contribution in [0.4, 0.5) is 5.69 Å². The molecule has 96 valence electrons. The molecule has 0 aromatic heterocycles. The molecule has 1 aromatic carbocycles. The van der Waals surface area contributed by atoms with E-state index in [4.69, 9.17) is 16.9 Å². The smallest absolute Gasteiger partial charge is 0.154 e. The van der Waals surface area contributed by atoms with Gasteiger partial charge in [0, 0.05) is 18.3 Å². The van der Waals surface area contributed by atoms with E-state index in [1.165, 1.54) is 0 Å². The Balaban J connectivity index is 2.28.